The smallest absolute Gasteiger partial charge is 0.233 e. The number of hydrogen-bond donors (Lipinski definition) is 3. The Kier molecular flexibility index (Phi) is 8.38. The van der Waals surface area contributed by atoms with Crippen molar-refractivity contribution in [3.05, 3.63) is 89.4 Å². The lowest BCUT2D eigenvalue weighted by molar-refractivity contribution is 0.388. The molecule has 2 aromatic heterocycles. The molecule has 0 radical (unpaired) electrons. The maximum atomic E-state index is 5.74. The van der Waals surface area contributed by atoms with Gasteiger partial charge in [0.2, 0.25) is 17.8 Å². The molecule has 1 saturated heterocycles. The van der Waals surface area contributed by atoms with Gasteiger partial charge >= 0.3 is 0 Å². The summed E-state index contributed by atoms with van der Waals surface area (Å²) in [5.74, 6) is 1.97. The summed E-state index contributed by atoms with van der Waals surface area (Å²) in [6.07, 6.45) is 0. The molecule has 1 unspecified atom stereocenters. The summed E-state index contributed by atoms with van der Waals surface area (Å²) in [5, 5.41) is 11.0. The van der Waals surface area contributed by atoms with Crippen molar-refractivity contribution in [2.24, 2.45) is 0 Å². The van der Waals surface area contributed by atoms with Gasteiger partial charge in [0.1, 0.15) is 0 Å². The Morgan fingerprint density at radius 2 is 1.69 bits per heavy atom. The predicted molar refractivity (Wildman–Crippen MR) is 177 cm³/mol. The minimum atomic E-state index is 0.293. The van der Waals surface area contributed by atoms with Gasteiger partial charge < -0.3 is 25.8 Å². The monoisotopic (exact) mass is 595 g/mol. The van der Waals surface area contributed by atoms with E-state index < -0.39 is 0 Å². The number of thiazole rings is 1. The predicted octanol–water partition coefficient (Wildman–Crippen LogP) is 6.27. The van der Waals surface area contributed by atoms with Gasteiger partial charge in [-0.05, 0) is 60.5 Å². The number of aryl methyl sites for hydroxylation is 1. The van der Waals surface area contributed by atoms with Gasteiger partial charge in [0.15, 0.2) is 5.11 Å². The van der Waals surface area contributed by atoms with Crippen molar-refractivity contribution in [3.8, 4) is 0 Å². The minimum absolute atomic E-state index is 0.293. The number of nitrogens with one attached hydrogen (secondary N) is 3. The van der Waals surface area contributed by atoms with Crippen LogP contribution in [-0.2, 0) is 0 Å². The average molecular weight is 596 g/mol. The maximum absolute atomic E-state index is 5.74. The van der Waals surface area contributed by atoms with Crippen LogP contribution in [0.15, 0.2) is 78.3 Å². The van der Waals surface area contributed by atoms with Crippen LogP contribution in [0.1, 0.15) is 24.0 Å². The molecule has 1 aliphatic heterocycles. The number of anilines is 5. The fourth-order valence-corrected chi connectivity index (χ4v) is 5.87. The zero-order valence-corrected chi connectivity index (χ0v) is 25.3. The summed E-state index contributed by atoms with van der Waals surface area (Å²) < 4.78 is 1.11. The van der Waals surface area contributed by atoms with Crippen molar-refractivity contribution < 1.29 is 0 Å². The third kappa shape index (κ3) is 6.58. The van der Waals surface area contributed by atoms with E-state index in [-0.39, 0.29) is 0 Å². The second-order valence-corrected chi connectivity index (χ2v) is 11.6. The average Bonchev–Trinajstić information content (AvgIpc) is 3.49. The summed E-state index contributed by atoms with van der Waals surface area (Å²) in [6, 6.07) is 24.7. The lowest BCUT2D eigenvalue weighted by atomic mass is 10.0. The molecule has 9 nitrogen and oxygen atoms in total. The van der Waals surface area contributed by atoms with Crippen molar-refractivity contribution in [2.45, 2.75) is 19.8 Å². The Morgan fingerprint density at radius 1 is 0.929 bits per heavy atom. The van der Waals surface area contributed by atoms with Gasteiger partial charge in [0.05, 0.1) is 15.7 Å². The van der Waals surface area contributed by atoms with Crippen LogP contribution in [0.3, 0.4) is 0 Å². The van der Waals surface area contributed by atoms with Crippen molar-refractivity contribution in [1.29, 1.82) is 0 Å². The number of benzene rings is 3. The van der Waals surface area contributed by atoms with E-state index in [1.54, 1.807) is 11.3 Å². The highest BCUT2D eigenvalue weighted by molar-refractivity contribution is 7.80. The van der Waals surface area contributed by atoms with Crippen LogP contribution >= 0.6 is 23.6 Å². The van der Waals surface area contributed by atoms with E-state index in [1.807, 2.05) is 35.8 Å². The molecule has 0 aliphatic carbocycles. The molecule has 0 bridgehead atoms. The van der Waals surface area contributed by atoms with E-state index in [2.05, 4.69) is 87.0 Å². The normalized spacial score (nSPS) is 14.0. The summed E-state index contributed by atoms with van der Waals surface area (Å²) >= 11 is 7.35. The first-order chi connectivity index (χ1) is 20.5. The molecule has 0 amide bonds. The third-order valence-corrected chi connectivity index (χ3v) is 8.53. The van der Waals surface area contributed by atoms with Crippen molar-refractivity contribution in [1.82, 2.24) is 24.8 Å². The van der Waals surface area contributed by atoms with Gasteiger partial charge in [0.25, 0.3) is 0 Å². The Morgan fingerprint density at radius 3 is 2.50 bits per heavy atom. The van der Waals surface area contributed by atoms with E-state index in [0.29, 0.717) is 30.3 Å². The van der Waals surface area contributed by atoms with Gasteiger partial charge in [0, 0.05) is 44.1 Å². The fraction of sp³-hybridized carbons (Fsp3) is 0.258. The molecular weight excluding hydrogens is 563 g/mol. The Hall–Kier alpha value is -4.35. The molecule has 3 aromatic carbocycles. The molecule has 11 heteroatoms. The topological polar surface area (TPSA) is 94.1 Å². The first-order valence-corrected chi connectivity index (χ1v) is 15.3. The van der Waals surface area contributed by atoms with E-state index >= 15 is 0 Å². The van der Waals surface area contributed by atoms with Gasteiger partial charge in [-0.15, -0.1) is 11.3 Å². The Balaban J connectivity index is 1.18. The SMILES string of the molecule is Cc1ccccc1NC(=S)N1CCN(c2nc(NCC(C)c3ccccc3)nc(Nc3ccc4ncsc4c3)n2)CC1. The molecule has 1 fully saturated rings. The van der Waals surface area contributed by atoms with Gasteiger partial charge in [-0.1, -0.05) is 55.5 Å². The summed E-state index contributed by atoms with van der Waals surface area (Å²) in [4.78, 5) is 23.2. The summed E-state index contributed by atoms with van der Waals surface area (Å²) in [5.41, 5.74) is 7.21. The number of aromatic nitrogens is 4. The summed E-state index contributed by atoms with van der Waals surface area (Å²) in [6.45, 7) is 7.99. The molecule has 3 heterocycles. The largest absolute Gasteiger partial charge is 0.353 e. The molecule has 0 spiro atoms. The number of nitrogens with zero attached hydrogens (tertiary/aromatic N) is 6. The zero-order valence-electron chi connectivity index (χ0n) is 23.6. The van der Waals surface area contributed by atoms with Crippen LogP contribution in [0.2, 0.25) is 0 Å². The third-order valence-electron chi connectivity index (χ3n) is 7.38. The highest BCUT2D eigenvalue weighted by Crippen LogP contribution is 2.25. The lowest BCUT2D eigenvalue weighted by Crippen LogP contribution is -2.50. The Labute approximate surface area is 255 Å². The van der Waals surface area contributed by atoms with Crippen molar-refractivity contribution in [2.75, 3.05) is 53.6 Å². The second kappa shape index (κ2) is 12.7. The van der Waals surface area contributed by atoms with Crippen LogP contribution in [0.25, 0.3) is 10.2 Å². The fourth-order valence-electron chi connectivity index (χ4n) is 4.86. The quantitative estimate of drug-likeness (QED) is 0.178. The molecule has 6 rings (SSSR count). The lowest BCUT2D eigenvalue weighted by Gasteiger charge is -2.36. The number of hydrogen-bond acceptors (Lipinski definition) is 9. The molecule has 5 aromatic rings. The highest BCUT2D eigenvalue weighted by atomic mass is 32.1. The first-order valence-electron chi connectivity index (χ1n) is 14.0. The molecule has 0 saturated carbocycles. The van der Waals surface area contributed by atoms with E-state index in [9.17, 15) is 0 Å². The van der Waals surface area contributed by atoms with Crippen LogP contribution in [0.4, 0.5) is 29.2 Å². The van der Waals surface area contributed by atoms with E-state index in [0.717, 1.165) is 52.9 Å². The number of thiocarbonyl (C=S) groups is 1. The summed E-state index contributed by atoms with van der Waals surface area (Å²) in [7, 11) is 0. The highest BCUT2D eigenvalue weighted by Gasteiger charge is 2.23. The van der Waals surface area contributed by atoms with Crippen LogP contribution < -0.4 is 20.9 Å². The first kappa shape index (κ1) is 27.8. The van der Waals surface area contributed by atoms with Crippen molar-refractivity contribution in [3.63, 3.8) is 0 Å². The van der Waals surface area contributed by atoms with Crippen molar-refractivity contribution >= 4 is 68.1 Å². The molecule has 1 atom stereocenters. The van der Waals surface area contributed by atoms with Gasteiger partial charge in [-0.25, -0.2) is 4.98 Å². The van der Waals surface area contributed by atoms with E-state index in [4.69, 9.17) is 27.2 Å². The molecule has 42 heavy (non-hydrogen) atoms. The van der Waals surface area contributed by atoms with Crippen LogP contribution in [-0.4, -0.2) is 62.7 Å². The molecule has 1 aliphatic rings. The van der Waals surface area contributed by atoms with Crippen LogP contribution in [0.5, 0.6) is 0 Å². The second-order valence-electron chi connectivity index (χ2n) is 10.4. The van der Waals surface area contributed by atoms with Gasteiger partial charge in [-0.2, -0.15) is 15.0 Å². The van der Waals surface area contributed by atoms with E-state index in [1.165, 1.54) is 11.1 Å². The number of fused-ring (bicyclic) bond motifs is 1. The number of para-hydroxylation sites is 1. The molecule has 214 valence electrons. The number of rotatable bonds is 8. The Bertz CT molecular complexity index is 1670. The zero-order chi connectivity index (χ0) is 28.9. The van der Waals surface area contributed by atoms with Gasteiger partial charge in [-0.3, -0.25) is 0 Å². The minimum Gasteiger partial charge on any atom is -0.353 e. The molecule has 3 N–H and O–H groups in total. The standard InChI is InChI=1S/C31H33N9S2/c1-21-8-6-7-11-25(21)35-31(41)40-16-14-39(15-17-40)30-37-28(32-19-22(2)23-9-4-3-5-10-23)36-29(38-30)34-24-12-13-26-27(18-24)42-20-33-26/h3-13,18,20,22H,14-17,19H2,1-2H3,(H,35,41)(H2,32,34,36,37,38). The molecular formula is C31H33N9S2. The van der Waals surface area contributed by atoms with Crippen LogP contribution in [0, 0.1) is 6.92 Å². The maximum Gasteiger partial charge on any atom is 0.233 e. The number of piperazine rings is 1.